The minimum atomic E-state index is -3.61. The van der Waals surface area contributed by atoms with Crippen LogP contribution in [0.5, 0.6) is 0 Å². The number of rotatable bonds is 6. The van der Waals surface area contributed by atoms with Crippen LogP contribution in [0.3, 0.4) is 0 Å². The van der Waals surface area contributed by atoms with Crippen molar-refractivity contribution < 1.29 is 13.2 Å². The standard InChI is InChI=1S/C18H26N4O3S2/c23-17(21-22-18(26)20-15-6-2-1-3-7-15)14-5-4-8-16(11-14)27(24,25)19-12-13-9-10-13/h4-5,8,11,13,15,19H,1-3,6-7,9-10,12H2,(H,21,23)(H2,20,22,26). The SMILES string of the molecule is O=C(NNC(=S)NC1CCCCC1)c1cccc(S(=O)(=O)NCC2CC2)c1. The monoisotopic (exact) mass is 410 g/mol. The second kappa shape index (κ2) is 8.99. The second-order valence-corrected chi connectivity index (χ2v) is 9.39. The van der Waals surface area contributed by atoms with Crippen molar-refractivity contribution in [2.24, 2.45) is 5.92 Å². The Morgan fingerprint density at radius 2 is 1.81 bits per heavy atom. The van der Waals surface area contributed by atoms with Crippen LogP contribution < -0.4 is 20.9 Å². The lowest BCUT2D eigenvalue weighted by Crippen LogP contribution is -2.50. The largest absolute Gasteiger partial charge is 0.359 e. The first-order valence-electron chi connectivity index (χ1n) is 9.40. The summed E-state index contributed by atoms with van der Waals surface area (Å²) in [6.45, 7) is 0.446. The van der Waals surface area contributed by atoms with Gasteiger partial charge in [-0.15, -0.1) is 0 Å². The lowest BCUT2D eigenvalue weighted by atomic mass is 9.96. The van der Waals surface area contributed by atoms with Gasteiger partial charge in [-0.05, 0) is 62.0 Å². The van der Waals surface area contributed by atoms with E-state index in [1.165, 1.54) is 31.4 Å². The summed E-state index contributed by atoms with van der Waals surface area (Å²) in [5, 5.41) is 3.56. The third-order valence-corrected chi connectivity index (χ3v) is 6.54. The summed E-state index contributed by atoms with van der Waals surface area (Å²) in [5.41, 5.74) is 5.46. The van der Waals surface area contributed by atoms with Crippen LogP contribution in [0.4, 0.5) is 0 Å². The zero-order valence-electron chi connectivity index (χ0n) is 15.2. The summed E-state index contributed by atoms with van der Waals surface area (Å²) in [6.07, 6.45) is 7.89. The Kier molecular flexibility index (Phi) is 6.67. The molecule has 27 heavy (non-hydrogen) atoms. The molecular weight excluding hydrogens is 384 g/mol. The predicted octanol–water partition coefficient (Wildman–Crippen LogP) is 1.82. The summed E-state index contributed by atoms with van der Waals surface area (Å²) >= 11 is 5.21. The van der Waals surface area contributed by atoms with Gasteiger partial charge >= 0.3 is 0 Å². The van der Waals surface area contributed by atoms with Gasteiger partial charge in [0, 0.05) is 18.2 Å². The molecule has 2 saturated carbocycles. The molecular formula is C18H26N4O3S2. The van der Waals surface area contributed by atoms with E-state index in [4.69, 9.17) is 12.2 Å². The first kappa shape index (κ1) is 20.0. The van der Waals surface area contributed by atoms with Crippen LogP contribution in [0.15, 0.2) is 29.2 Å². The number of thiocarbonyl (C=S) groups is 1. The molecule has 0 bridgehead atoms. The fourth-order valence-electron chi connectivity index (χ4n) is 3.09. The number of nitrogens with one attached hydrogen (secondary N) is 4. The van der Waals surface area contributed by atoms with Gasteiger partial charge in [-0.2, -0.15) is 0 Å². The van der Waals surface area contributed by atoms with Crippen molar-refractivity contribution >= 4 is 33.3 Å². The van der Waals surface area contributed by atoms with E-state index in [1.807, 2.05) is 0 Å². The van der Waals surface area contributed by atoms with E-state index < -0.39 is 15.9 Å². The van der Waals surface area contributed by atoms with Gasteiger partial charge in [0.2, 0.25) is 10.0 Å². The lowest BCUT2D eigenvalue weighted by molar-refractivity contribution is 0.0943. The van der Waals surface area contributed by atoms with Crippen LogP contribution in [-0.2, 0) is 10.0 Å². The summed E-state index contributed by atoms with van der Waals surface area (Å²) in [6, 6.07) is 6.30. The predicted molar refractivity (Wildman–Crippen MR) is 108 cm³/mol. The Labute approximate surface area is 165 Å². The molecule has 1 aromatic rings. The van der Waals surface area contributed by atoms with Gasteiger partial charge < -0.3 is 5.32 Å². The van der Waals surface area contributed by atoms with Gasteiger partial charge in [-0.3, -0.25) is 15.6 Å². The highest BCUT2D eigenvalue weighted by atomic mass is 32.2. The molecule has 3 rings (SSSR count). The molecule has 0 aromatic heterocycles. The number of carbonyl (C=O) groups is 1. The Bertz CT molecular complexity index is 788. The molecule has 1 aromatic carbocycles. The smallest absolute Gasteiger partial charge is 0.269 e. The first-order valence-corrected chi connectivity index (χ1v) is 11.3. The van der Waals surface area contributed by atoms with Crippen molar-refractivity contribution in [2.75, 3.05) is 6.54 Å². The van der Waals surface area contributed by atoms with Crippen LogP contribution in [0, 0.1) is 5.92 Å². The third-order valence-electron chi connectivity index (χ3n) is 4.90. The van der Waals surface area contributed by atoms with Gasteiger partial charge in [-0.25, -0.2) is 13.1 Å². The molecule has 0 saturated heterocycles. The van der Waals surface area contributed by atoms with E-state index in [2.05, 4.69) is 20.9 Å². The van der Waals surface area contributed by atoms with E-state index in [1.54, 1.807) is 12.1 Å². The van der Waals surface area contributed by atoms with Crippen molar-refractivity contribution in [1.29, 1.82) is 0 Å². The minimum Gasteiger partial charge on any atom is -0.359 e. The zero-order valence-corrected chi connectivity index (χ0v) is 16.8. The highest BCUT2D eigenvalue weighted by Gasteiger charge is 2.24. The maximum absolute atomic E-state index is 12.3. The van der Waals surface area contributed by atoms with Crippen LogP contribution in [0.2, 0.25) is 0 Å². The van der Waals surface area contributed by atoms with Gasteiger partial charge in [0.15, 0.2) is 5.11 Å². The molecule has 148 valence electrons. The Hall–Kier alpha value is -1.71. The van der Waals surface area contributed by atoms with Gasteiger partial charge in [0.25, 0.3) is 5.91 Å². The highest BCUT2D eigenvalue weighted by molar-refractivity contribution is 7.89. The van der Waals surface area contributed by atoms with E-state index in [0.29, 0.717) is 23.6 Å². The van der Waals surface area contributed by atoms with Crippen molar-refractivity contribution in [3.05, 3.63) is 29.8 Å². The number of amides is 1. The number of hydrogen-bond donors (Lipinski definition) is 4. The third kappa shape index (κ3) is 6.15. The van der Waals surface area contributed by atoms with Crippen LogP contribution in [-0.4, -0.2) is 32.0 Å². The number of carbonyl (C=O) groups excluding carboxylic acids is 1. The summed E-state index contributed by atoms with van der Waals surface area (Å²) in [5.74, 6) is -0.00447. The van der Waals surface area contributed by atoms with Crippen LogP contribution in [0.1, 0.15) is 55.3 Å². The molecule has 7 nitrogen and oxygen atoms in total. The lowest BCUT2D eigenvalue weighted by Gasteiger charge is -2.24. The molecule has 2 fully saturated rings. The fourth-order valence-corrected chi connectivity index (χ4v) is 4.47. The highest BCUT2D eigenvalue weighted by Crippen LogP contribution is 2.28. The average molecular weight is 411 g/mol. The normalized spacial score (nSPS) is 17.9. The summed E-state index contributed by atoms with van der Waals surface area (Å²) in [4.78, 5) is 12.4. The molecule has 0 unspecified atom stereocenters. The number of hydrazine groups is 1. The molecule has 0 radical (unpaired) electrons. The second-order valence-electron chi connectivity index (χ2n) is 7.21. The van der Waals surface area contributed by atoms with Gasteiger partial charge in [0.1, 0.15) is 0 Å². The average Bonchev–Trinajstić information content (AvgIpc) is 3.50. The van der Waals surface area contributed by atoms with Crippen molar-refractivity contribution in [3.8, 4) is 0 Å². The van der Waals surface area contributed by atoms with Crippen molar-refractivity contribution in [3.63, 3.8) is 0 Å². The van der Waals surface area contributed by atoms with Gasteiger partial charge in [0.05, 0.1) is 4.90 Å². The Morgan fingerprint density at radius 1 is 1.07 bits per heavy atom. The first-order chi connectivity index (χ1) is 12.9. The molecule has 0 atom stereocenters. The molecule has 2 aliphatic carbocycles. The fraction of sp³-hybridized carbons (Fsp3) is 0.556. The molecule has 0 spiro atoms. The Balaban J connectivity index is 1.52. The van der Waals surface area contributed by atoms with E-state index >= 15 is 0 Å². The molecule has 4 N–H and O–H groups in total. The van der Waals surface area contributed by atoms with Gasteiger partial charge in [-0.1, -0.05) is 25.3 Å². The Morgan fingerprint density at radius 3 is 2.52 bits per heavy atom. The van der Waals surface area contributed by atoms with E-state index in [9.17, 15) is 13.2 Å². The van der Waals surface area contributed by atoms with E-state index in [0.717, 1.165) is 25.7 Å². The molecule has 2 aliphatic rings. The minimum absolute atomic E-state index is 0.0821. The molecule has 1 amide bonds. The summed E-state index contributed by atoms with van der Waals surface area (Å²) in [7, 11) is -3.61. The number of sulfonamides is 1. The molecule has 0 aliphatic heterocycles. The summed E-state index contributed by atoms with van der Waals surface area (Å²) < 4.78 is 27.3. The maximum atomic E-state index is 12.3. The molecule has 0 heterocycles. The number of benzene rings is 1. The quantitative estimate of drug-likeness (QED) is 0.422. The zero-order chi connectivity index (χ0) is 19.3. The van der Waals surface area contributed by atoms with E-state index in [-0.39, 0.29) is 10.5 Å². The maximum Gasteiger partial charge on any atom is 0.269 e. The van der Waals surface area contributed by atoms with Crippen molar-refractivity contribution in [1.82, 2.24) is 20.9 Å². The number of hydrogen-bond acceptors (Lipinski definition) is 4. The molecule has 9 heteroatoms. The van der Waals surface area contributed by atoms with Crippen LogP contribution in [0.25, 0.3) is 0 Å². The van der Waals surface area contributed by atoms with Crippen molar-refractivity contribution in [2.45, 2.75) is 55.9 Å². The van der Waals surface area contributed by atoms with Crippen LogP contribution >= 0.6 is 12.2 Å². The topological polar surface area (TPSA) is 99.3 Å².